The van der Waals surface area contributed by atoms with Gasteiger partial charge in [0, 0.05) is 31.2 Å². The van der Waals surface area contributed by atoms with Crippen LogP contribution in [-0.2, 0) is 0 Å². The first kappa shape index (κ1) is 12.8. The van der Waals surface area contributed by atoms with Crippen molar-refractivity contribution >= 4 is 11.5 Å². The van der Waals surface area contributed by atoms with Gasteiger partial charge in [-0.1, -0.05) is 0 Å². The van der Waals surface area contributed by atoms with Crippen molar-refractivity contribution < 1.29 is 4.92 Å². The fraction of sp³-hybridized carbons (Fsp3) is 0.583. The Bertz CT molecular complexity index is 463. The highest BCUT2D eigenvalue weighted by Gasteiger charge is 2.25. The Morgan fingerprint density at radius 3 is 2.89 bits per heavy atom. The van der Waals surface area contributed by atoms with Gasteiger partial charge in [-0.15, -0.1) is 0 Å². The number of nitro groups is 1. The first-order valence-corrected chi connectivity index (χ1v) is 6.10. The number of rotatable bonds is 2. The lowest BCUT2D eigenvalue weighted by molar-refractivity contribution is -0.385. The summed E-state index contributed by atoms with van der Waals surface area (Å²) in [7, 11) is 0. The number of aromatic nitrogens is 1. The minimum absolute atomic E-state index is 0.0482. The van der Waals surface area contributed by atoms with Gasteiger partial charge in [0.05, 0.1) is 4.92 Å². The molecule has 2 heterocycles. The Kier molecular flexibility index (Phi) is 3.47. The van der Waals surface area contributed by atoms with E-state index < -0.39 is 4.92 Å². The van der Waals surface area contributed by atoms with Crippen LogP contribution >= 0.6 is 0 Å². The maximum Gasteiger partial charge on any atom is 0.287 e. The lowest BCUT2D eigenvalue weighted by Crippen LogP contribution is -2.54. The van der Waals surface area contributed by atoms with E-state index in [-0.39, 0.29) is 5.69 Å². The number of nitrogens with one attached hydrogen (secondary N) is 1. The molecule has 0 saturated carbocycles. The van der Waals surface area contributed by atoms with E-state index in [4.69, 9.17) is 0 Å². The molecule has 1 aliphatic rings. The Hall–Kier alpha value is -1.69. The van der Waals surface area contributed by atoms with Crippen molar-refractivity contribution in [1.82, 2.24) is 10.3 Å². The number of pyridine rings is 1. The molecule has 6 heteroatoms. The van der Waals surface area contributed by atoms with Gasteiger partial charge in [-0.3, -0.25) is 10.1 Å². The van der Waals surface area contributed by atoms with E-state index in [1.54, 1.807) is 6.07 Å². The minimum atomic E-state index is -0.409. The average molecular weight is 250 g/mol. The van der Waals surface area contributed by atoms with Crippen LogP contribution in [0.15, 0.2) is 12.3 Å². The van der Waals surface area contributed by atoms with E-state index in [2.05, 4.69) is 29.0 Å². The molecule has 0 aromatic carbocycles. The summed E-state index contributed by atoms with van der Waals surface area (Å²) in [6, 6.07) is 2.33. The van der Waals surface area contributed by atoms with Crippen molar-refractivity contribution in [2.75, 3.05) is 18.0 Å². The SMILES string of the molecule is Cc1cc([N+](=O)[O-])cnc1N1C[C@H](C)NC[C@H]1C. The fourth-order valence-corrected chi connectivity index (χ4v) is 2.27. The van der Waals surface area contributed by atoms with Crippen LogP contribution in [0.1, 0.15) is 19.4 Å². The quantitative estimate of drug-likeness (QED) is 0.636. The largest absolute Gasteiger partial charge is 0.351 e. The zero-order chi connectivity index (χ0) is 13.3. The van der Waals surface area contributed by atoms with Gasteiger partial charge in [-0.2, -0.15) is 0 Å². The molecule has 0 bridgehead atoms. The molecule has 18 heavy (non-hydrogen) atoms. The van der Waals surface area contributed by atoms with Crippen molar-refractivity contribution in [3.63, 3.8) is 0 Å². The van der Waals surface area contributed by atoms with Crippen LogP contribution in [0.2, 0.25) is 0 Å². The van der Waals surface area contributed by atoms with Gasteiger partial charge in [0.1, 0.15) is 12.0 Å². The molecule has 0 unspecified atom stereocenters. The van der Waals surface area contributed by atoms with E-state index in [1.807, 2.05) is 6.92 Å². The molecular formula is C12H18N4O2. The zero-order valence-corrected chi connectivity index (χ0v) is 10.9. The second-order valence-corrected chi connectivity index (χ2v) is 4.90. The third kappa shape index (κ3) is 2.43. The molecule has 1 aromatic rings. The molecule has 2 atom stereocenters. The van der Waals surface area contributed by atoms with Crippen LogP contribution in [0, 0.1) is 17.0 Å². The first-order chi connectivity index (χ1) is 8.49. The predicted octanol–water partition coefficient (Wildman–Crippen LogP) is 1.48. The molecule has 1 aliphatic heterocycles. The minimum Gasteiger partial charge on any atom is -0.351 e. The lowest BCUT2D eigenvalue weighted by Gasteiger charge is -2.39. The number of aryl methyl sites for hydroxylation is 1. The van der Waals surface area contributed by atoms with Crippen molar-refractivity contribution in [3.05, 3.63) is 27.9 Å². The summed E-state index contributed by atoms with van der Waals surface area (Å²) >= 11 is 0. The summed E-state index contributed by atoms with van der Waals surface area (Å²) in [4.78, 5) is 16.8. The van der Waals surface area contributed by atoms with E-state index in [1.165, 1.54) is 6.20 Å². The van der Waals surface area contributed by atoms with Gasteiger partial charge >= 0.3 is 0 Å². The maximum absolute atomic E-state index is 10.7. The highest BCUT2D eigenvalue weighted by molar-refractivity contribution is 5.51. The van der Waals surface area contributed by atoms with Crippen LogP contribution < -0.4 is 10.2 Å². The van der Waals surface area contributed by atoms with Crippen molar-refractivity contribution in [1.29, 1.82) is 0 Å². The first-order valence-electron chi connectivity index (χ1n) is 6.10. The lowest BCUT2D eigenvalue weighted by atomic mass is 10.1. The standard InChI is InChI=1S/C12H18N4O2/c1-8-4-11(16(17)18)6-14-12(8)15-7-9(2)13-5-10(15)3/h4,6,9-10,13H,5,7H2,1-3H3/t9-,10+/m0/s1. The van der Waals surface area contributed by atoms with Crippen LogP contribution in [0.3, 0.4) is 0 Å². The van der Waals surface area contributed by atoms with Gasteiger partial charge in [0.15, 0.2) is 0 Å². The van der Waals surface area contributed by atoms with Crippen LogP contribution in [0.4, 0.5) is 11.5 Å². The number of hydrogen-bond acceptors (Lipinski definition) is 5. The van der Waals surface area contributed by atoms with E-state index in [9.17, 15) is 10.1 Å². The molecule has 0 radical (unpaired) electrons. The van der Waals surface area contributed by atoms with Gasteiger partial charge < -0.3 is 10.2 Å². The molecule has 1 saturated heterocycles. The maximum atomic E-state index is 10.7. The summed E-state index contributed by atoms with van der Waals surface area (Å²) in [6.45, 7) is 7.89. The molecule has 1 aromatic heterocycles. The topological polar surface area (TPSA) is 71.3 Å². The average Bonchev–Trinajstić information content (AvgIpc) is 2.32. The van der Waals surface area contributed by atoms with Gasteiger partial charge in [0.25, 0.3) is 5.69 Å². The van der Waals surface area contributed by atoms with Crippen LogP contribution in [0.5, 0.6) is 0 Å². The second kappa shape index (κ2) is 4.89. The molecule has 6 nitrogen and oxygen atoms in total. The summed E-state index contributed by atoms with van der Waals surface area (Å²) in [6.07, 6.45) is 1.34. The Morgan fingerprint density at radius 2 is 2.28 bits per heavy atom. The summed E-state index contributed by atoms with van der Waals surface area (Å²) < 4.78 is 0. The predicted molar refractivity (Wildman–Crippen MR) is 69.9 cm³/mol. The van der Waals surface area contributed by atoms with Crippen molar-refractivity contribution in [3.8, 4) is 0 Å². The highest BCUT2D eigenvalue weighted by Crippen LogP contribution is 2.24. The molecule has 98 valence electrons. The van der Waals surface area contributed by atoms with Gasteiger partial charge in [-0.05, 0) is 26.3 Å². The second-order valence-electron chi connectivity index (χ2n) is 4.90. The Morgan fingerprint density at radius 1 is 1.56 bits per heavy atom. The zero-order valence-electron chi connectivity index (χ0n) is 10.9. The third-order valence-corrected chi connectivity index (χ3v) is 3.28. The molecule has 0 spiro atoms. The fourth-order valence-electron chi connectivity index (χ4n) is 2.27. The van der Waals surface area contributed by atoms with E-state index in [0.717, 1.165) is 24.5 Å². The molecule has 0 amide bonds. The van der Waals surface area contributed by atoms with Crippen molar-refractivity contribution in [2.24, 2.45) is 0 Å². The number of anilines is 1. The molecule has 1 N–H and O–H groups in total. The monoisotopic (exact) mass is 250 g/mol. The summed E-state index contributed by atoms with van der Waals surface area (Å²) in [5, 5.41) is 14.1. The molecular weight excluding hydrogens is 232 g/mol. The molecule has 1 fully saturated rings. The van der Waals surface area contributed by atoms with Gasteiger partial charge in [-0.25, -0.2) is 4.98 Å². The molecule has 2 rings (SSSR count). The smallest absolute Gasteiger partial charge is 0.287 e. The summed E-state index contributed by atoms with van der Waals surface area (Å²) in [5.41, 5.74) is 0.900. The van der Waals surface area contributed by atoms with Gasteiger partial charge in [0.2, 0.25) is 0 Å². The highest BCUT2D eigenvalue weighted by atomic mass is 16.6. The normalized spacial score (nSPS) is 24.1. The van der Waals surface area contributed by atoms with E-state index in [0.29, 0.717) is 12.1 Å². The molecule has 0 aliphatic carbocycles. The number of piperazine rings is 1. The third-order valence-electron chi connectivity index (χ3n) is 3.28. The Balaban J connectivity index is 2.30. The number of hydrogen-bond donors (Lipinski definition) is 1. The van der Waals surface area contributed by atoms with Crippen molar-refractivity contribution in [2.45, 2.75) is 32.9 Å². The van der Waals surface area contributed by atoms with Crippen LogP contribution in [0.25, 0.3) is 0 Å². The van der Waals surface area contributed by atoms with E-state index >= 15 is 0 Å². The number of nitrogens with zero attached hydrogens (tertiary/aromatic N) is 3. The van der Waals surface area contributed by atoms with Crippen LogP contribution in [-0.4, -0.2) is 35.1 Å². The Labute approximate surface area is 106 Å². The summed E-state index contributed by atoms with van der Waals surface area (Å²) in [5.74, 6) is 0.849.